The van der Waals surface area contributed by atoms with Crippen molar-refractivity contribution in [2.45, 2.75) is 32.2 Å². The number of ketones is 1. The smallest absolute Gasteiger partial charge is 0.435 e. The van der Waals surface area contributed by atoms with E-state index in [-0.39, 0.29) is 45.0 Å². The van der Waals surface area contributed by atoms with E-state index in [0.29, 0.717) is 14.7 Å². The molecule has 3 heterocycles. The minimum absolute atomic E-state index is 0.0336. The van der Waals surface area contributed by atoms with Gasteiger partial charge in [-0.05, 0) is 71.0 Å². The van der Waals surface area contributed by atoms with Gasteiger partial charge < -0.3 is 4.74 Å². The zero-order valence-electron chi connectivity index (χ0n) is 20.9. The van der Waals surface area contributed by atoms with Crippen molar-refractivity contribution >= 4 is 45.9 Å². The third kappa shape index (κ3) is 6.55. The summed E-state index contributed by atoms with van der Waals surface area (Å²) in [6.45, 7) is 0.822. The molecule has 0 bridgehead atoms. The number of halogens is 8. The van der Waals surface area contributed by atoms with E-state index in [4.69, 9.17) is 16.3 Å². The first kappa shape index (κ1) is 30.5. The lowest BCUT2D eigenvalue weighted by Gasteiger charge is -2.12. The summed E-state index contributed by atoms with van der Waals surface area (Å²) in [4.78, 5) is 30.1. The molecule has 0 spiro atoms. The summed E-state index contributed by atoms with van der Waals surface area (Å²) in [7, 11) is 1.18. The Kier molecular flexibility index (Phi) is 8.50. The summed E-state index contributed by atoms with van der Waals surface area (Å²) >= 11 is 8.24. The fourth-order valence-electron chi connectivity index (χ4n) is 4.01. The summed E-state index contributed by atoms with van der Waals surface area (Å²) < 4.78 is 86.8. The average Bonchev–Trinajstić information content (AvgIpc) is 3.50. The van der Waals surface area contributed by atoms with E-state index < -0.39 is 42.0 Å². The second-order valence-corrected chi connectivity index (χ2v) is 10.3. The number of nitrogens with zero attached hydrogens (tertiary/aromatic N) is 5. The number of hydrogen-bond donors (Lipinski definition) is 0. The fourth-order valence-corrected chi connectivity index (χ4v) is 4.99. The van der Waals surface area contributed by atoms with Crippen molar-refractivity contribution in [3.63, 3.8) is 0 Å². The molecule has 216 valence electrons. The van der Waals surface area contributed by atoms with Crippen LogP contribution in [0.15, 0.2) is 42.6 Å². The zero-order chi connectivity index (χ0) is 30.3. The highest BCUT2D eigenvalue weighted by Crippen LogP contribution is 2.35. The number of ether oxygens (including phenoxy) is 1. The monoisotopic (exact) mass is 711 g/mol. The Morgan fingerprint density at radius 1 is 1.05 bits per heavy atom. The van der Waals surface area contributed by atoms with Crippen LogP contribution in [0.2, 0.25) is 5.02 Å². The van der Waals surface area contributed by atoms with Crippen molar-refractivity contribution in [1.82, 2.24) is 24.5 Å². The first-order valence-corrected chi connectivity index (χ1v) is 12.9. The molecule has 0 N–H and O–H groups in total. The molecule has 41 heavy (non-hydrogen) atoms. The van der Waals surface area contributed by atoms with Gasteiger partial charge in [-0.25, -0.2) is 14.5 Å². The van der Waals surface area contributed by atoms with E-state index >= 15 is 0 Å². The number of methoxy groups -OCH3 is 1. The maximum absolute atomic E-state index is 13.6. The molecule has 3 aromatic heterocycles. The minimum atomic E-state index is -5.16. The van der Waals surface area contributed by atoms with E-state index in [1.165, 1.54) is 31.5 Å². The minimum Gasteiger partial charge on any atom is -0.465 e. The molecule has 0 saturated heterocycles. The highest BCUT2D eigenvalue weighted by Gasteiger charge is 2.42. The normalized spacial score (nSPS) is 12.0. The molecule has 0 fully saturated rings. The van der Waals surface area contributed by atoms with E-state index in [9.17, 15) is 35.9 Å². The van der Waals surface area contributed by atoms with E-state index in [0.717, 1.165) is 10.7 Å². The Hall–Kier alpha value is -3.47. The van der Waals surface area contributed by atoms with Crippen LogP contribution in [0.25, 0.3) is 5.82 Å². The molecule has 0 amide bonds. The number of carbonyl (C=O) groups excluding carboxylic acids is 2. The summed E-state index contributed by atoms with van der Waals surface area (Å²) in [6, 6.07) is 7.21. The second-order valence-electron chi connectivity index (χ2n) is 8.65. The van der Waals surface area contributed by atoms with E-state index in [2.05, 4.69) is 15.2 Å². The molecule has 0 aliphatic rings. The van der Waals surface area contributed by atoms with Crippen LogP contribution in [-0.4, -0.2) is 43.4 Å². The first-order valence-electron chi connectivity index (χ1n) is 11.4. The summed E-state index contributed by atoms with van der Waals surface area (Å²) in [5, 5.41) is 7.27. The lowest BCUT2D eigenvalue weighted by atomic mass is 9.96. The molecule has 8 nitrogen and oxygen atoms in total. The molecule has 1 aromatic carbocycles. The summed E-state index contributed by atoms with van der Waals surface area (Å²) in [6.07, 6.45) is -9.30. The van der Waals surface area contributed by atoms with Gasteiger partial charge in [-0.3, -0.25) is 9.48 Å². The fraction of sp³-hybridized carbons (Fsp3) is 0.240. The lowest BCUT2D eigenvalue weighted by Crippen LogP contribution is -2.16. The SMILES string of the molecule is COC(=O)c1cc(I)cc(C)c1CC(=O)c1cc(Cn2nc(C(F)(F)F)cc2C(F)(F)F)nn1-c1ncccc1Cl. The Labute approximate surface area is 246 Å². The van der Waals surface area contributed by atoms with Gasteiger partial charge in [0.2, 0.25) is 0 Å². The highest BCUT2D eigenvalue weighted by molar-refractivity contribution is 14.1. The number of carbonyl (C=O) groups is 2. The number of aryl methyl sites for hydroxylation is 1. The van der Waals surface area contributed by atoms with Gasteiger partial charge in [0.15, 0.2) is 17.3 Å². The zero-order valence-corrected chi connectivity index (χ0v) is 23.9. The van der Waals surface area contributed by atoms with Crippen LogP contribution < -0.4 is 0 Å². The molecular weight excluding hydrogens is 695 g/mol. The standard InChI is InChI=1S/C25H17ClF6IN5O3/c1-12-6-13(33)7-16(23(40)41-2)15(12)9-19(39)18-8-14(35-38(18)22-17(26)4-3-5-34-22)11-37-21(25(30,31)32)10-20(36-37)24(27,28)29/h3-8,10H,9,11H2,1-2H3. The summed E-state index contributed by atoms with van der Waals surface area (Å²) in [5.41, 5.74) is -2.74. The number of aromatic nitrogens is 5. The molecule has 4 aromatic rings. The Balaban J connectivity index is 1.82. The maximum atomic E-state index is 13.6. The topological polar surface area (TPSA) is 91.9 Å². The molecule has 0 unspecified atom stereocenters. The number of rotatable bonds is 7. The second kappa shape index (κ2) is 11.4. The molecule has 0 saturated carbocycles. The van der Waals surface area contributed by atoms with Gasteiger partial charge in [0, 0.05) is 22.3 Å². The third-order valence-electron chi connectivity index (χ3n) is 5.84. The predicted octanol–water partition coefficient (Wildman–Crippen LogP) is 6.33. The Morgan fingerprint density at radius 2 is 1.76 bits per heavy atom. The Bertz CT molecular complexity index is 1650. The van der Waals surface area contributed by atoms with Crippen LogP contribution >= 0.6 is 34.2 Å². The molecule has 0 aliphatic carbocycles. The summed E-state index contributed by atoms with van der Waals surface area (Å²) in [5.74, 6) is -1.37. The quantitative estimate of drug-likeness (QED) is 0.0964. The van der Waals surface area contributed by atoms with Crippen molar-refractivity contribution in [1.29, 1.82) is 0 Å². The van der Waals surface area contributed by atoms with Crippen molar-refractivity contribution in [2.24, 2.45) is 0 Å². The Morgan fingerprint density at radius 3 is 2.37 bits per heavy atom. The van der Waals surface area contributed by atoms with Crippen LogP contribution in [0.3, 0.4) is 0 Å². The number of Topliss-reactive ketones (excluding diaryl/α,β-unsaturated/α-hetero) is 1. The lowest BCUT2D eigenvalue weighted by molar-refractivity contribution is -0.144. The number of esters is 1. The van der Waals surface area contributed by atoms with E-state index in [1.807, 2.05) is 22.6 Å². The van der Waals surface area contributed by atoms with Gasteiger partial charge in [-0.1, -0.05) is 11.6 Å². The van der Waals surface area contributed by atoms with E-state index in [1.54, 1.807) is 13.0 Å². The number of alkyl halides is 6. The van der Waals surface area contributed by atoms with Crippen molar-refractivity contribution in [2.75, 3.05) is 7.11 Å². The van der Waals surface area contributed by atoms with Crippen molar-refractivity contribution in [3.05, 3.63) is 90.7 Å². The molecular formula is C25H17ClF6IN5O3. The van der Waals surface area contributed by atoms with Crippen LogP contribution in [-0.2, 0) is 30.1 Å². The van der Waals surface area contributed by atoms with Gasteiger partial charge in [0.05, 0.1) is 29.9 Å². The molecule has 16 heteroatoms. The molecule has 0 atom stereocenters. The number of pyridine rings is 1. The third-order valence-corrected chi connectivity index (χ3v) is 6.76. The molecule has 4 rings (SSSR count). The largest absolute Gasteiger partial charge is 0.465 e. The highest BCUT2D eigenvalue weighted by atomic mass is 127. The van der Waals surface area contributed by atoms with Crippen molar-refractivity contribution < 1.29 is 40.7 Å². The molecule has 0 aliphatic heterocycles. The van der Waals surface area contributed by atoms with Gasteiger partial charge >= 0.3 is 18.3 Å². The van der Waals surface area contributed by atoms with Crippen LogP contribution in [0.5, 0.6) is 0 Å². The van der Waals surface area contributed by atoms with Crippen LogP contribution in [0.1, 0.15) is 49.1 Å². The van der Waals surface area contributed by atoms with Crippen molar-refractivity contribution in [3.8, 4) is 5.82 Å². The molecule has 0 radical (unpaired) electrons. The van der Waals surface area contributed by atoms with Gasteiger partial charge in [-0.2, -0.15) is 36.5 Å². The number of benzene rings is 1. The first-order chi connectivity index (χ1) is 19.1. The average molecular weight is 712 g/mol. The van der Waals surface area contributed by atoms with Gasteiger partial charge in [0.25, 0.3) is 0 Å². The van der Waals surface area contributed by atoms with Gasteiger partial charge in [-0.15, -0.1) is 0 Å². The number of hydrogen-bond acceptors (Lipinski definition) is 6. The van der Waals surface area contributed by atoms with Gasteiger partial charge in [0.1, 0.15) is 11.4 Å². The predicted molar refractivity (Wildman–Crippen MR) is 141 cm³/mol. The van der Waals surface area contributed by atoms with Crippen LogP contribution in [0, 0.1) is 10.5 Å². The van der Waals surface area contributed by atoms with Crippen LogP contribution in [0.4, 0.5) is 26.3 Å². The maximum Gasteiger partial charge on any atom is 0.435 e.